The van der Waals surface area contributed by atoms with E-state index in [1.807, 2.05) is 12.5 Å². The van der Waals surface area contributed by atoms with Gasteiger partial charge in [0.2, 0.25) is 0 Å². The van der Waals surface area contributed by atoms with Gasteiger partial charge in [-0.15, -0.1) is 0 Å². The molecule has 0 aliphatic heterocycles. The Morgan fingerprint density at radius 2 is 2.12 bits per heavy atom. The molecule has 0 radical (unpaired) electrons. The van der Waals surface area contributed by atoms with Gasteiger partial charge in [0.25, 0.3) is 0 Å². The molecule has 1 heterocycles. The van der Waals surface area contributed by atoms with Crippen LogP contribution in [0.25, 0.3) is 0 Å². The number of rotatable bonds is 7. The van der Waals surface area contributed by atoms with E-state index in [2.05, 4.69) is 42.6 Å². The standard InChI is InChI=1S/C12H23N3O/c1-10(2)14-8-12-7-13-9-15(12)5-6-16-11(3)4/h7,9-11,14H,5-6,8H2,1-4H3. The van der Waals surface area contributed by atoms with E-state index in [9.17, 15) is 0 Å². The van der Waals surface area contributed by atoms with E-state index in [-0.39, 0.29) is 0 Å². The minimum absolute atomic E-state index is 0.292. The van der Waals surface area contributed by atoms with Crippen LogP contribution in [0.15, 0.2) is 12.5 Å². The van der Waals surface area contributed by atoms with Crippen molar-refractivity contribution in [1.82, 2.24) is 14.9 Å². The van der Waals surface area contributed by atoms with E-state index in [1.54, 1.807) is 0 Å². The summed E-state index contributed by atoms with van der Waals surface area (Å²) in [6.45, 7) is 10.9. The van der Waals surface area contributed by atoms with Gasteiger partial charge in [0.15, 0.2) is 0 Å². The number of hydrogen-bond donors (Lipinski definition) is 1. The molecule has 0 spiro atoms. The summed E-state index contributed by atoms with van der Waals surface area (Å²) in [5.74, 6) is 0. The topological polar surface area (TPSA) is 39.1 Å². The number of hydrogen-bond acceptors (Lipinski definition) is 3. The van der Waals surface area contributed by atoms with Crippen LogP contribution in [0.5, 0.6) is 0 Å². The molecule has 1 aromatic heterocycles. The summed E-state index contributed by atoms with van der Waals surface area (Å²) in [6.07, 6.45) is 4.06. The molecule has 0 aliphatic rings. The van der Waals surface area contributed by atoms with Crippen molar-refractivity contribution in [3.63, 3.8) is 0 Å². The van der Waals surface area contributed by atoms with Gasteiger partial charge in [0.1, 0.15) is 0 Å². The van der Waals surface area contributed by atoms with Gasteiger partial charge in [-0.05, 0) is 13.8 Å². The summed E-state index contributed by atoms with van der Waals surface area (Å²) in [5, 5.41) is 3.39. The van der Waals surface area contributed by atoms with Crippen molar-refractivity contribution in [3.05, 3.63) is 18.2 Å². The minimum Gasteiger partial charge on any atom is -0.377 e. The summed E-state index contributed by atoms with van der Waals surface area (Å²) >= 11 is 0. The second-order valence-electron chi connectivity index (χ2n) is 4.53. The molecule has 0 amide bonds. The molecule has 1 aromatic rings. The van der Waals surface area contributed by atoms with Gasteiger partial charge in [0, 0.05) is 25.3 Å². The molecule has 0 aromatic carbocycles. The Labute approximate surface area is 98.0 Å². The minimum atomic E-state index is 0.292. The van der Waals surface area contributed by atoms with E-state index in [1.165, 1.54) is 5.69 Å². The lowest BCUT2D eigenvalue weighted by molar-refractivity contribution is 0.0723. The molecule has 0 bridgehead atoms. The first-order valence-corrected chi connectivity index (χ1v) is 5.93. The van der Waals surface area contributed by atoms with Crippen molar-refractivity contribution >= 4 is 0 Å². The smallest absolute Gasteiger partial charge is 0.0949 e. The molecule has 4 nitrogen and oxygen atoms in total. The zero-order valence-electron chi connectivity index (χ0n) is 10.7. The average Bonchev–Trinajstić information content (AvgIpc) is 2.62. The van der Waals surface area contributed by atoms with Crippen molar-refractivity contribution in [3.8, 4) is 0 Å². The predicted octanol–water partition coefficient (Wildman–Crippen LogP) is 1.81. The predicted molar refractivity (Wildman–Crippen MR) is 65.3 cm³/mol. The van der Waals surface area contributed by atoms with Crippen molar-refractivity contribution in [1.29, 1.82) is 0 Å². The molecule has 4 heteroatoms. The molecular weight excluding hydrogens is 202 g/mol. The first-order valence-electron chi connectivity index (χ1n) is 5.93. The molecule has 0 unspecified atom stereocenters. The molecule has 1 N–H and O–H groups in total. The van der Waals surface area contributed by atoms with Gasteiger partial charge >= 0.3 is 0 Å². The maximum absolute atomic E-state index is 5.53. The van der Waals surface area contributed by atoms with Crippen molar-refractivity contribution in [2.45, 2.75) is 52.9 Å². The van der Waals surface area contributed by atoms with E-state index in [0.717, 1.165) is 19.7 Å². The second-order valence-corrected chi connectivity index (χ2v) is 4.53. The Morgan fingerprint density at radius 3 is 2.75 bits per heavy atom. The second kappa shape index (κ2) is 6.66. The Morgan fingerprint density at radius 1 is 1.38 bits per heavy atom. The Bertz CT molecular complexity index is 294. The fourth-order valence-electron chi connectivity index (χ4n) is 1.39. The molecule has 0 saturated heterocycles. The number of nitrogens with zero attached hydrogens (tertiary/aromatic N) is 2. The third-order valence-electron chi connectivity index (χ3n) is 2.27. The largest absolute Gasteiger partial charge is 0.377 e. The van der Waals surface area contributed by atoms with Crippen LogP contribution in [-0.4, -0.2) is 28.3 Å². The highest BCUT2D eigenvalue weighted by Gasteiger charge is 2.03. The van der Waals surface area contributed by atoms with Crippen LogP contribution in [0.3, 0.4) is 0 Å². The van der Waals surface area contributed by atoms with Gasteiger partial charge < -0.3 is 14.6 Å². The van der Waals surface area contributed by atoms with Crippen LogP contribution >= 0.6 is 0 Å². The lowest BCUT2D eigenvalue weighted by Gasteiger charge is -2.12. The lowest BCUT2D eigenvalue weighted by Crippen LogP contribution is -2.24. The molecular formula is C12H23N3O. The first kappa shape index (κ1) is 13.2. The van der Waals surface area contributed by atoms with Gasteiger partial charge in [0.05, 0.1) is 24.7 Å². The monoisotopic (exact) mass is 225 g/mol. The van der Waals surface area contributed by atoms with Crippen molar-refractivity contribution < 1.29 is 4.74 Å². The maximum atomic E-state index is 5.53. The number of nitrogens with one attached hydrogen (secondary N) is 1. The van der Waals surface area contributed by atoms with Crippen LogP contribution in [0.1, 0.15) is 33.4 Å². The van der Waals surface area contributed by atoms with Crippen molar-refractivity contribution in [2.75, 3.05) is 6.61 Å². The van der Waals surface area contributed by atoms with Crippen LogP contribution in [0.4, 0.5) is 0 Å². The molecule has 16 heavy (non-hydrogen) atoms. The van der Waals surface area contributed by atoms with E-state index in [4.69, 9.17) is 4.74 Å². The van der Waals surface area contributed by atoms with Crippen LogP contribution in [-0.2, 0) is 17.8 Å². The molecule has 92 valence electrons. The number of aromatic nitrogens is 2. The summed E-state index contributed by atoms with van der Waals surface area (Å²) in [7, 11) is 0. The molecule has 0 atom stereocenters. The Balaban J connectivity index is 2.38. The fourth-order valence-corrected chi connectivity index (χ4v) is 1.39. The quantitative estimate of drug-likeness (QED) is 0.769. The Hall–Kier alpha value is -0.870. The average molecular weight is 225 g/mol. The molecule has 1 rings (SSSR count). The normalized spacial score (nSPS) is 11.6. The first-order chi connectivity index (χ1) is 7.59. The molecule has 0 fully saturated rings. The summed E-state index contributed by atoms with van der Waals surface area (Å²) < 4.78 is 7.66. The molecule has 0 aliphatic carbocycles. The third-order valence-corrected chi connectivity index (χ3v) is 2.27. The van der Waals surface area contributed by atoms with Crippen LogP contribution < -0.4 is 5.32 Å². The van der Waals surface area contributed by atoms with E-state index >= 15 is 0 Å². The zero-order valence-corrected chi connectivity index (χ0v) is 10.7. The van der Waals surface area contributed by atoms with Gasteiger partial charge in [-0.25, -0.2) is 4.98 Å². The van der Waals surface area contributed by atoms with Crippen LogP contribution in [0, 0.1) is 0 Å². The summed E-state index contributed by atoms with van der Waals surface area (Å²) in [6, 6.07) is 0.496. The summed E-state index contributed by atoms with van der Waals surface area (Å²) in [4.78, 5) is 4.17. The zero-order chi connectivity index (χ0) is 12.0. The highest BCUT2D eigenvalue weighted by atomic mass is 16.5. The van der Waals surface area contributed by atoms with Gasteiger partial charge in [-0.3, -0.25) is 0 Å². The van der Waals surface area contributed by atoms with Crippen molar-refractivity contribution in [2.24, 2.45) is 0 Å². The fraction of sp³-hybridized carbons (Fsp3) is 0.750. The highest BCUT2D eigenvalue weighted by Crippen LogP contribution is 2.00. The SMILES string of the molecule is CC(C)NCc1cncn1CCOC(C)C. The number of imidazole rings is 1. The highest BCUT2D eigenvalue weighted by molar-refractivity contribution is 4.98. The third kappa shape index (κ3) is 4.77. The summed E-state index contributed by atoms with van der Waals surface area (Å²) in [5.41, 5.74) is 1.21. The maximum Gasteiger partial charge on any atom is 0.0949 e. The van der Waals surface area contributed by atoms with Gasteiger partial charge in [-0.1, -0.05) is 13.8 Å². The Kier molecular flexibility index (Phi) is 5.49. The van der Waals surface area contributed by atoms with E-state index in [0.29, 0.717) is 12.1 Å². The van der Waals surface area contributed by atoms with E-state index < -0.39 is 0 Å². The van der Waals surface area contributed by atoms with Gasteiger partial charge in [-0.2, -0.15) is 0 Å². The number of ether oxygens (including phenoxy) is 1. The van der Waals surface area contributed by atoms with Crippen LogP contribution in [0.2, 0.25) is 0 Å². The lowest BCUT2D eigenvalue weighted by atomic mass is 10.3. The molecule has 0 saturated carbocycles.